The van der Waals surface area contributed by atoms with Gasteiger partial charge in [0.1, 0.15) is 11.5 Å². The molecule has 0 aliphatic carbocycles. The van der Waals surface area contributed by atoms with E-state index in [1.54, 1.807) is 25.6 Å². The highest BCUT2D eigenvalue weighted by Crippen LogP contribution is 2.30. The van der Waals surface area contributed by atoms with Gasteiger partial charge in [-0.2, -0.15) is 5.26 Å². The predicted octanol–water partition coefficient (Wildman–Crippen LogP) is 4.15. The maximum atomic E-state index is 8.55. The van der Waals surface area contributed by atoms with Crippen LogP contribution in [0, 0.1) is 11.5 Å². The third-order valence-electron chi connectivity index (χ3n) is 3.10. The number of hydrogen-bond acceptors (Lipinski definition) is 4. The third kappa shape index (κ3) is 5.64. The lowest BCUT2D eigenvalue weighted by Crippen LogP contribution is -2.23. The highest BCUT2D eigenvalue weighted by atomic mass is 32.1. The third-order valence-corrected chi connectivity index (χ3v) is 3.31. The fraction of sp³-hybridized carbons (Fsp3) is 0.294. The van der Waals surface area contributed by atoms with Crippen LogP contribution in [0.15, 0.2) is 36.1 Å². The summed E-state index contributed by atoms with van der Waals surface area (Å²) in [5, 5.41) is 14.0. The highest BCUT2D eigenvalue weighted by molar-refractivity contribution is 7.80. The molecule has 0 aliphatic rings. The minimum Gasteiger partial charge on any atom is -0.496 e. The van der Waals surface area contributed by atoms with Gasteiger partial charge in [-0.15, -0.1) is 0 Å². The van der Waals surface area contributed by atoms with Crippen LogP contribution >= 0.6 is 12.2 Å². The van der Waals surface area contributed by atoms with Gasteiger partial charge in [-0.25, -0.2) is 0 Å². The van der Waals surface area contributed by atoms with Gasteiger partial charge >= 0.3 is 0 Å². The maximum Gasteiger partial charge on any atom is 0.184 e. The van der Waals surface area contributed by atoms with Crippen molar-refractivity contribution in [2.75, 3.05) is 12.4 Å². The second kappa shape index (κ2) is 9.49. The van der Waals surface area contributed by atoms with E-state index < -0.39 is 0 Å². The van der Waals surface area contributed by atoms with Crippen LogP contribution < -0.4 is 15.4 Å². The van der Waals surface area contributed by atoms with Crippen LogP contribution in [0.3, 0.4) is 0 Å². The van der Waals surface area contributed by atoms with Crippen molar-refractivity contribution >= 4 is 28.8 Å². The Morgan fingerprint density at radius 1 is 1.43 bits per heavy atom. The summed E-state index contributed by atoms with van der Waals surface area (Å²) in [6.07, 6.45) is 6.32. The van der Waals surface area contributed by atoms with E-state index in [1.807, 2.05) is 32.1 Å². The second-order valence-electron chi connectivity index (χ2n) is 4.69. The average Bonchev–Trinajstić information content (AvgIpc) is 2.56. The lowest BCUT2D eigenvalue weighted by molar-refractivity contribution is 0.398. The molecule has 122 valence electrons. The lowest BCUT2D eigenvalue weighted by atomic mass is 10.1. The summed E-state index contributed by atoms with van der Waals surface area (Å²) in [5.74, 6) is 1.35. The van der Waals surface area contributed by atoms with Crippen LogP contribution in [-0.2, 0) is 4.74 Å². The monoisotopic (exact) mass is 331 g/mol. The molecule has 0 fully saturated rings. The van der Waals surface area contributed by atoms with Crippen LogP contribution in [-0.4, -0.2) is 12.2 Å². The first-order valence-electron chi connectivity index (χ1n) is 7.18. The molecule has 2 N–H and O–H groups in total. The zero-order chi connectivity index (χ0) is 17.2. The molecule has 0 radical (unpaired) electrons. The smallest absolute Gasteiger partial charge is 0.184 e. The number of benzene rings is 1. The standard InChI is InChI=1S/C17H21N3O2S/c1-5-12(3)10-22-15(6-2)14-8-7-13(9-16(14)21-4)20-17(23)19-11-18/h6-10H,5H2,1-4H3,(H2,19,20,23)/b12-10?,15-6-. The van der Waals surface area contributed by atoms with Crippen molar-refractivity contribution in [1.82, 2.24) is 5.32 Å². The van der Waals surface area contributed by atoms with Crippen molar-refractivity contribution in [3.63, 3.8) is 0 Å². The molecular formula is C17H21N3O2S. The molecule has 1 rings (SSSR count). The minimum atomic E-state index is 0.228. The second-order valence-corrected chi connectivity index (χ2v) is 5.10. The highest BCUT2D eigenvalue weighted by Gasteiger charge is 2.10. The zero-order valence-electron chi connectivity index (χ0n) is 13.8. The Morgan fingerprint density at radius 2 is 2.17 bits per heavy atom. The number of ether oxygens (including phenoxy) is 2. The quantitative estimate of drug-likeness (QED) is 0.353. The number of hydrogen-bond donors (Lipinski definition) is 2. The predicted molar refractivity (Wildman–Crippen MR) is 96.7 cm³/mol. The van der Waals surface area contributed by atoms with Gasteiger partial charge in [-0.1, -0.05) is 6.92 Å². The van der Waals surface area contributed by atoms with Crippen molar-refractivity contribution < 1.29 is 9.47 Å². The molecule has 23 heavy (non-hydrogen) atoms. The first-order valence-corrected chi connectivity index (χ1v) is 7.59. The van der Waals surface area contributed by atoms with Gasteiger partial charge in [0.05, 0.1) is 18.9 Å². The van der Waals surface area contributed by atoms with Gasteiger partial charge in [-0.05, 0) is 56.3 Å². The molecule has 0 atom stereocenters. The summed E-state index contributed by atoms with van der Waals surface area (Å²) >= 11 is 4.98. The topological polar surface area (TPSA) is 66.3 Å². The van der Waals surface area contributed by atoms with Gasteiger partial charge in [0, 0.05) is 11.8 Å². The Hall–Kier alpha value is -2.52. The molecule has 0 aromatic heterocycles. The summed E-state index contributed by atoms with van der Waals surface area (Å²) in [4.78, 5) is 0. The summed E-state index contributed by atoms with van der Waals surface area (Å²) in [7, 11) is 1.59. The maximum absolute atomic E-state index is 8.55. The van der Waals surface area contributed by atoms with Crippen LogP contribution in [0.1, 0.15) is 32.8 Å². The van der Waals surface area contributed by atoms with Crippen molar-refractivity contribution in [2.45, 2.75) is 27.2 Å². The van der Waals surface area contributed by atoms with Crippen molar-refractivity contribution in [1.29, 1.82) is 5.26 Å². The van der Waals surface area contributed by atoms with E-state index in [0.29, 0.717) is 17.2 Å². The molecule has 0 unspecified atom stereocenters. The van der Waals surface area contributed by atoms with Crippen LogP contribution in [0.5, 0.6) is 5.75 Å². The van der Waals surface area contributed by atoms with Crippen molar-refractivity contribution in [3.8, 4) is 11.9 Å². The number of nitrogens with one attached hydrogen (secondary N) is 2. The van der Waals surface area contributed by atoms with Gasteiger partial charge in [0.25, 0.3) is 0 Å². The molecule has 0 saturated carbocycles. The van der Waals surface area contributed by atoms with Gasteiger partial charge < -0.3 is 14.8 Å². The van der Waals surface area contributed by atoms with Gasteiger partial charge in [-0.3, -0.25) is 5.32 Å². The zero-order valence-corrected chi connectivity index (χ0v) is 14.6. The first kappa shape index (κ1) is 18.5. The Bertz CT molecular complexity index is 660. The lowest BCUT2D eigenvalue weighted by Gasteiger charge is -2.14. The van der Waals surface area contributed by atoms with Crippen LogP contribution in [0.2, 0.25) is 0 Å². The molecule has 0 bridgehead atoms. The number of rotatable bonds is 6. The van der Waals surface area contributed by atoms with E-state index >= 15 is 0 Å². The SMILES string of the molecule is C/C=C(\OC=C(C)CC)c1ccc(NC(=S)NC#N)cc1OC. The fourth-order valence-electron chi connectivity index (χ4n) is 1.72. The van der Waals surface area contributed by atoms with E-state index in [0.717, 1.165) is 17.6 Å². The molecule has 5 nitrogen and oxygen atoms in total. The minimum absolute atomic E-state index is 0.228. The molecular weight excluding hydrogens is 310 g/mol. The molecule has 0 aliphatic heterocycles. The Morgan fingerprint density at radius 3 is 2.74 bits per heavy atom. The van der Waals surface area contributed by atoms with Gasteiger partial charge in [0.15, 0.2) is 11.3 Å². The molecule has 0 amide bonds. The molecule has 0 saturated heterocycles. The van der Waals surface area contributed by atoms with E-state index in [2.05, 4.69) is 17.6 Å². The Balaban J connectivity index is 3.03. The van der Waals surface area contributed by atoms with Gasteiger partial charge in [0.2, 0.25) is 0 Å². The first-order chi connectivity index (χ1) is 11.0. The summed E-state index contributed by atoms with van der Waals surface area (Å²) in [6.45, 7) is 5.99. The number of allylic oxidation sites excluding steroid dienone is 2. The number of methoxy groups -OCH3 is 1. The molecule has 1 aromatic carbocycles. The molecule has 0 heterocycles. The summed E-state index contributed by atoms with van der Waals surface area (Å²) < 4.78 is 11.2. The largest absolute Gasteiger partial charge is 0.496 e. The molecule has 0 spiro atoms. The van der Waals surface area contributed by atoms with E-state index in [1.165, 1.54) is 0 Å². The van der Waals surface area contributed by atoms with Crippen LogP contribution in [0.25, 0.3) is 5.76 Å². The van der Waals surface area contributed by atoms with E-state index in [9.17, 15) is 0 Å². The number of anilines is 1. The average molecular weight is 331 g/mol. The normalized spacial score (nSPS) is 11.4. The van der Waals surface area contributed by atoms with Crippen molar-refractivity contribution in [3.05, 3.63) is 41.7 Å². The van der Waals surface area contributed by atoms with Crippen molar-refractivity contribution in [2.24, 2.45) is 0 Å². The number of thiocarbonyl (C=S) groups is 1. The Kier molecular flexibility index (Phi) is 7.64. The Labute approximate surface area is 142 Å². The van der Waals surface area contributed by atoms with E-state index in [-0.39, 0.29) is 5.11 Å². The molecule has 1 aromatic rings. The summed E-state index contributed by atoms with van der Waals surface area (Å²) in [6, 6.07) is 5.51. The summed E-state index contributed by atoms with van der Waals surface area (Å²) in [5.41, 5.74) is 2.70. The number of nitrogens with zero attached hydrogens (tertiary/aromatic N) is 1. The molecule has 6 heteroatoms. The van der Waals surface area contributed by atoms with E-state index in [4.69, 9.17) is 27.0 Å². The number of nitriles is 1. The fourth-order valence-corrected chi connectivity index (χ4v) is 1.88. The van der Waals surface area contributed by atoms with Crippen LogP contribution in [0.4, 0.5) is 5.69 Å².